The third-order valence-electron chi connectivity index (χ3n) is 7.39. The highest BCUT2D eigenvalue weighted by Crippen LogP contribution is 2.26. The van der Waals surface area contributed by atoms with Crippen LogP contribution in [0.1, 0.15) is 44.6 Å². The van der Waals surface area contributed by atoms with E-state index in [-0.39, 0.29) is 34.6 Å². The molecule has 1 fully saturated rings. The average Bonchev–Trinajstić information content (AvgIpc) is 3.00. The fourth-order valence-electron chi connectivity index (χ4n) is 4.96. The van der Waals surface area contributed by atoms with Gasteiger partial charge >= 0.3 is 0 Å². The van der Waals surface area contributed by atoms with Crippen molar-refractivity contribution < 1.29 is 27.1 Å². The molecule has 0 spiro atoms. The van der Waals surface area contributed by atoms with Gasteiger partial charge in [0.15, 0.2) is 0 Å². The molecule has 0 radical (unpaired) electrons. The van der Waals surface area contributed by atoms with Crippen molar-refractivity contribution in [3.05, 3.63) is 90.2 Å². The predicted molar refractivity (Wildman–Crippen MR) is 155 cm³/mol. The zero-order valence-corrected chi connectivity index (χ0v) is 24.1. The largest absolute Gasteiger partial charge is 0.497 e. The lowest BCUT2D eigenvalue weighted by Gasteiger charge is -2.33. The van der Waals surface area contributed by atoms with Crippen LogP contribution in [0.3, 0.4) is 0 Å². The molecule has 0 saturated heterocycles. The molecule has 3 aromatic carbocycles. The lowest BCUT2D eigenvalue weighted by atomic mass is 9.95. The Labute approximate surface area is 241 Å². The Bertz CT molecular complexity index is 1430. The van der Waals surface area contributed by atoms with Crippen LogP contribution in [0.25, 0.3) is 0 Å². The summed E-state index contributed by atoms with van der Waals surface area (Å²) < 4.78 is 48.6. The van der Waals surface area contributed by atoms with E-state index in [1.54, 1.807) is 55.5 Å². The second kappa shape index (κ2) is 13.6. The molecule has 0 heterocycles. The number of rotatable bonds is 11. The highest BCUT2D eigenvalue weighted by atomic mass is 32.2. The van der Waals surface area contributed by atoms with E-state index >= 15 is 0 Å². The van der Waals surface area contributed by atoms with Crippen LogP contribution >= 0.6 is 0 Å². The number of benzene rings is 3. The van der Waals surface area contributed by atoms with Gasteiger partial charge in [0.1, 0.15) is 24.2 Å². The molecule has 4 rings (SSSR count). The predicted octanol–water partition coefficient (Wildman–Crippen LogP) is 4.90. The molecule has 218 valence electrons. The van der Waals surface area contributed by atoms with Crippen LogP contribution in [0.4, 0.5) is 10.1 Å². The molecule has 1 aliphatic carbocycles. The first-order chi connectivity index (χ1) is 19.7. The summed E-state index contributed by atoms with van der Waals surface area (Å²) in [6.07, 6.45) is 4.89. The number of hydrogen-bond acceptors (Lipinski definition) is 5. The van der Waals surface area contributed by atoms with Crippen LogP contribution in [0.15, 0.2) is 83.8 Å². The Morgan fingerprint density at radius 3 is 2.22 bits per heavy atom. The molecule has 1 aliphatic rings. The molecule has 8 nitrogen and oxygen atoms in total. The second-order valence-electron chi connectivity index (χ2n) is 10.2. The van der Waals surface area contributed by atoms with E-state index in [9.17, 15) is 22.4 Å². The maximum Gasteiger partial charge on any atom is 0.264 e. The van der Waals surface area contributed by atoms with E-state index in [0.29, 0.717) is 5.75 Å². The molecular formula is C31H36FN3O5S. The van der Waals surface area contributed by atoms with Crippen molar-refractivity contribution in [1.29, 1.82) is 0 Å². The van der Waals surface area contributed by atoms with Crippen LogP contribution in [-0.2, 0) is 26.2 Å². The highest BCUT2D eigenvalue weighted by molar-refractivity contribution is 7.92. The molecule has 1 N–H and O–H groups in total. The number of nitrogens with zero attached hydrogens (tertiary/aromatic N) is 2. The van der Waals surface area contributed by atoms with Gasteiger partial charge in [0.05, 0.1) is 17.7 Å². The van der Waals surface area contributed by atoms with Gasteiger partial charge in [-0.1, -0.05) is 55.7 Å². The van der Waals surface area contributed by atoms with Gasteiger partial charge in [-0.25, -0.2) is 12.8 Å². The Hall–Kier alpha value is -3.92. The van der Waals surface area contributed by atoms with Crippen LogP contribution < -0.4 is 14.4 Å². The molecule has 0 bridgehead atoms. The van der Waals surface area contributed by atoms with Gasteiger partial charge in [0.25, 0.3) is 10.0 Å². The Kier molecular flexibility index (Phi) is 9.99. The maximum absolute atomic E-state index is 14.7. The monoisotopic (exact) mass is 581 g/mol. The molecule has 41 heavy (non-hydrogen) atoms. The van der Waals surface area contributed by atoms with Crippen molar-refractivity contribution in [3.63, 3.8) is 0 Å². The third-order valence-corrected chi connectivity index (χ3v) is 9.18. The molecule has 0 aromatic heterocycles. The highest BCUT2D eigenvalue weighted by Gasteiger charge is 2.33. The van der Waals surface area contributed by atoms with Crippen LogP contribution in [-0.4, -0.2) is 50.9 Å². The van der Waals surface area contributed by atoms with Crippen molar-refractivity contribution in [2.24, 2.45) is 0 Å². The van der Waals surface area contributed by atoms with Crippen molar-refractivity contribution in [3.8, 4) is 5.75 Å². The number of halogens is 1. The summed E-state index contributed by atoms with van der Waals surface area (Å²) in [4.78, 5) is 28.5. The molecule has 1 saturated carbocycles. The Balaban J connectivity index is 1.66. The van der Waals surface area contributed by atoms with Crippen molar-refractivity contribution in [2.75, 3.05) is 18.0 Å². The number of hydrogen-bond donors (Lipinski definition) is 1. The number of amides is 2. The minimum Gasteiger partial charge on any atom is -0.497 e. The fourth-order valence-corrected chi connectivity index (χ4v) is 6.37. The summed E-state index contributed by atoms with van der Waals surface area (Å²) in [7, 11) is -2.72. The number of methoxy groups -OCH3 is 1. The van der Waals surface area contributed by atoms with Crippen LogP contribution in [0.5, 0.6) is 5.75 Å². The quantitative estimate of drug-likeness (QED) is 0.348. The van der Waals surface area contributed by atoms with Crippen LogP contribution in [0.2, 0.25) is 0 Å². The summed E-state index contributed by atoms with van der Waals surface area (Å²) in [5, 5.41) is 3.04. The van der Waals surface area contributed by atoms with E-state index in [1.165, 1.54) is 42.3 Å². The van der Waals surface area contributed by atoms with Crippen LogP contribution in [0, 0.1) is 5.82 Å². The van der Waals surface area contributed by atoms with Gasteiger partial charge < -0.3 is 15.0 Å². The number of ether oxygens (including phenoxy) is 1. The summed E-state index contributed by atoms with van der Waals surface area (Å²) in [6, 6.07) is 19.2. The molecule has 3 aromatic rings. The smallest absolute Gasteiger partial charge is 0.264 e. The van der Waals surface area contributed by atoms with Gasteiger partial charge in [-0.2, -0.15) is 0 Å². The van der Waals surface area contributed by atoms with Gasteiger partial charge in [-0.15, -0.1) is 0 Å². The van der Waals surface area contributed by atoms with Gasteiger partial charge in [-0.3, -0.25) is 13.9 Å². The van der Waals surface area contributed by atoms with Crippen molar-refractivity contribution >= 4 is 27.5 Å². The topological polar surface area (TPSA) is 96.0 Å². The minimum atomic E-state index is -4.20. The van der Waals surface area contributed by atoms with E-state index in [0.717, 1.165) is 36.4 Å². The van der Waals surface area contributed by atoms with Crippen molar-refractivity contribution in [1.82, 2.24) is 10.2 Å². The third kappa shape index (κ3) is 7.43. The lowest BCUT2D eigenvalue weighted by Crippen LogP contribution is -2.53. The van der Waals surface area contributed by atoms with Crippen molar-refractivity contribution in [2.45, 2.75) is 62.6 Å². The molecule has 2 amide bonds. The number of sulfonamides is 1. The van der Waals surface area contributed by atoms with E-state index in [4.69, 9.17) is 4.74 Å². The summed E-state index contributed by atoms with van der Waals surface area (Å²) in [5.74, 6) is -1.03. The lowest BCUT2D eigenvalue weighted by molar-refractivity contribution is -0.139. The zero-order valence-electron chi connectivity index (χ0n) is 23.3. The average molecular weight is 582 g/mol. The first-order valence-electron chi connectivity index (χ1n) is 13.8. The van der Waals surface area contributed by atoms with Gasteiger partial charge in [0.2, 0.25) is 11.8 Å². The number of anilines is 1. The Morgan fingerprint density at radius 1 is 0.951 bits per heavy atom. The molecule has 0 aliphatic heterocycles. The normalized spacial score (nSPS) is 14.6. The first-order valence-corrected chi connectivity index (χ1v) is 15.2. The first kappa shape index (κ1) is 30.0. The molecule has 0 unspecified atom stereocenters. The number of nitrogens with one attached hydrogen (secondary N) is 1. The number of carbonyl (C=O) groups is 2. The summed E-state index contributed by atoms with van der Waals surface area (Å²) >= 11 is 0. The number of carbonyl (C=O) groups excluding carboxylic acids is 2. The number of para-hydroxylation sites is 1. The second-order valence-corrected chi connectivity index (χ2v) is 12.0. The van der Waals surface area contributed by atoms with E-state index in [1.807, 2.05) is 0 Å². The standard InChI is InChI=1S/C31H36FN3O5S/c1-23(31(37)33-25-12-5-3-6-13-25)34(21-24-11-9-10-16-29(24)32)30(36)22-35(26-14-7-4-8-15-26)41(38,39)28-19-17-27(40-2)18-20-28/h4,7-11,14-20,23,25H,3,5-6,12-13,21-22H2,1-2H3,(H,33,37)/t23-/m1/s1. The minimum absolute atomic E-state index is 0.0142. The van der Waals surface area contributed by atoms with E-state index in [2.05, 4.69) is 5.32 Å². The summed E-state index contributed by atoms with van der Waals surface area (Å²) in [5.41, 5.74) is 0.504. The molecule has 1 atom stereocenters. The zero-order chi connectivity index (χ0) is 29.4. The van der Waals surface area contributed by atoms with E-state index < -0.39 is 34.3 Å². The fraction of sp³-hybridized carbons (Fsp3) is 0.355. The maximum atomic E-state index is 14.7. The molecule has 10 heteroatoms. The summed E-state index contributed by atoms with van der Waals surface area (Å²) in [6.45, 7) is 0.797. The van der Waals surface area contributed by atoms with Gasteiger partial charge in [0, 0.05) is 18.2 Å². The van der Waals surface area contributed by atoms with Gasteiger partial charge in [-0.05, 0) is 62.2 Å². The SMILES string of the molecule is COc1ccc(S(=O)(=O)N(CC(=O)N(Cc2ccccc2F)[C@H](C)C(=O)NC2CCCCC2)c2ccccc2)cc1. The molecular weight excluding hydrogens is 545 g/mol. The Morgan fingerprint density at radius 2 is 1.59 bits per heavy atom.